The molecule has 0 bridgehead atoms. The molecule has 0 radical (unpaired) electrons. The molecule has 1 aromatic rings. The Hall–Kier alpha value is 0.556. The molecule has 0 aliphatic heterocycles. The largest absolute Gasteiger partial charge is 2.00 e. The molecule has 1 rings (SSSR count). The Morgan fingerprint density at radius 3 is 2.36 bits per heavy atom. The summed E-state index contributed by atoms with van der Waals surface area (Å²) < 4.78 is 4.88. The molecule has 0 aromatic heterocycles. The third-order valence-corrected chi connectivity index (χ3v) is 0.914. The second-order valence-corrected chi connectivity index (χ2v) is 1.44. The molecule has 0 unspecified atom stereocenters. The Morgan fingerprint density at radius 1 is 1.45 bits per heavy atom. The van der Waals surface area contributed by atoms with Gasteiger partial charge in [-0.3, -0.25) is 0 Å². The minimum absolute atomic E-state index is 0. The Morgan fingerprint density at radius 2 is 2.09 bits per heavy atom. The van der Waals surface area contributed by atoms with Crippen LogP contribution in [0.4, 0.5) is 0 Å². The Labute approximate surface area is 99.8 Å². The van der Waals surface area contributed by atoms with Gasteiger partial charge in [0.2, 0.25) is 0 Å². The van der Waals surface area contributed by atoms with E-state index in [0.717, 1.165) is 5.75 Å². The molecule has 0 amide bonds. The predicted octanol–water partition coefficient (Wildman–Crippen LogP) is -1.30. The summed E-state index contributed by atoms with van der Waals surface area (Å²) in [5, 5.41) is 0. The van der Waals surface area contributed by atoms with E-state index in [9.17, 15) is 0 Å². The maximum absolute atomic E-state index is 4.88. The molecule has 0 atom stereocenters. The maximum Gasteiger partial charge on any atom is 2.00 e. The van der Waals surface area contributed by atoms with Crippen molar-refractivity contribution in [2.75, 3.05) is 7.11 Å². The van der Waals surface area contributed by atoms with Gasteiger partial charge in [-0.05, 0) is 0 Å². The Balaban J connectivity index is -0.000000213. The van der Waals surface area contributed by atoms with Crippen LogP contribution in [0, 0.1) is 6.07 Å². The predicted molar refractivity (Wildman–Crippen MR) is 47.9 cm³/mol. The third-order valence-electron chi connectivity index (χ3n) is 0.914. The molecule has 58 valence electrons. The van der Waals surface area contributed by atoms with Gasteiger partial charge in [0, 0.05) is 5.75 Å². The molecule has 11 heavy (non-hydrogen) atoms. The van der Waals surface area contributed by atoms with E-state index >= 15 is 0 Å². The third kappa shape index (κ3) is 6.94. The van der Waals surface area contributed by atoms with Crippen molar-refractivity contribution in [1.29, 1.82) is 0 Å². The van der Waals surface area contributed by atoms with Crippen molar-refractivity contribution in [3.05, 3.63) is 30.3 Å². The molecule has 0 aliphatic carbocycles. The quantitative estimate of drug-likeness (QED) is 0.443. The van der Waals surface area contributed by atoms with Gasteiger partial charge >= 0.3 is 23.1 Å². The molecule has 0 N–H and O–H groups in total. The smallest absolute Gasteiger partial charge is 1.00 e. The second-order valence-electron chi connectivity index (χ2n) is 1.44. The van der Waals surface area contributed by atoms with Crippen molar-refractivity contribution in [3.8, 4) is 5.75 Å². The molecule has 0 heterocycles. The standard InChI is InChI=1S/C7H7O.BrH.ClH.Mg/c1-8-7-5-3-2-4-6-7;;;/h2-3,5-6H,1H3;2*1H;/q-1;;;+2/p-1. The first-order valence-corrected chi connectivity index (χ1v) is 2.43. The SMILES string of the molecule is Br.COc1c[c-]ccc1.[Cl-].[Mg+2]. The fourth-order valence-corrected chi connectivity index (χ4v) is 0.504. The fourth-order valence-electron chi connectivity index (χ4n) is 0.504. The van der Waals surface area contributed by atoms with E-state index < -0.39 is 0 Å². The van der Waals surface area contributed by atoms with E-state index in [-0.39, 0.29) is 52.4 Å². The van der Waals surface area contributed by atoms with Gasteiger partial charge in [-0.1, -0.05) is 0 Å². The number of hydrogen-bond donors (Lipinski definition) is 0. The number of methoxy groups -OCH3 is 1. The van der Waals surface area contributed by atoms with Crippen LogP contribution in [-0.2, 0) is 0 Å². The summed E-state index contributed by atoms with van der Waals surface area (Å²) in [6.07, 6.45) is 0. The molecule has 0 aliphatic rings. The van der Waals surface area contributed by atoms with Crippen molar-refractivity contribution >= 4 is 40.0 Å². The molecule has 0 saturated carbocycles. The summed E-state index contributed by atoms with van der Waals surface area (Å²) in [7, 11) is 1.64. The first kappa shape index (κ1) is 17.6. The van der Waals surface area contributed by atoms with Crippen LogP contribution >= 0.6 is 17.0 Å². The molecule has 4 heteroatoms. The molecule has 1 nitrogen and oxygen atoms in total. The van der Waals surface area contributed by atoms with Crippen LogP contribution in [0.15, 0.2) is 24.3 Å². The van der Waals surface area contributed by atoms with Crippen LogP contribution in [0.25, 0.3) is 0 Å². The van der Waals surface area contributed by atoms with Gasteiger partial charge in [0.25, 0.3) is 0 Å². The Bertz CT molecular complexity index is 160. The average molecular weight is 248 g/mol. The van der Waals surface area contributed by atoms with E-state index in [1.165, 1.54) is 0 Å². The minimum Gasteiger partial charge on any atom is -1.00 e. The van der Waals surface area contributed by atoms with E-state index in [2.05, 4.69) is 6.07 Å². The summed E-state index contributed by atoms with van der Waals surface area (Å²) in [4.78, 5) is 0. The van der Waals surface area contributed by atoms with Gasteiger partial charge < -0.3 is 17.1 Å². The fraction of sp³-hybridized carbons (Fsp3) is 0.143. The minimum atomic E-state index is 0. The summed E-state index contributed by atoms with van der Waals surface area (Å²) in [6, 6.07) is 10.3. The van der Waals surface area contributed by atoms with Gasteiger partial charge in [0.15, 0.2) is 0 Å². The molecular weight excluding hydrogens is 240 g/mol. The van der Waals surface area contributed by atoms with Crippen molar-refractivity contribution in [2.45, 2.75) is 0 Å². The molecule has 0 fully saturated rings. The van der Waals surface area contributed by atoms with Crippen LogP contribution in [0.2, 0.25) is 0 Å². The van der Waals surface area contributed by atoms with Gasteiger partial charge in [0.05, 0.1) is 7.11 Å². The molecule has 0 spiro atoms. The number of halogens is 2. The summed E-state index contributed by atoms with van der Waals surface area (Å²) in [6.45, 7) is 0. The Kier molecular flexibility index (Phi) is 16.9. The molecule has 1 aromatic carbocycles. The van der Waals surface area contributed by atoms with Gasteiger partial charge in [-0.15, -0.1) is 29.1 Å². The van der Waals surface area contributed by atoms with E-state index in [0.29, 0.717) is 0 Å². The maximum atomic E-state index is 4.88. The van der Waals surface area contributed by atoms with Crippen molar-refractivity contribution < 1.29 is 17.1 Å². The van der Waals surface area contributed by atoms with Gasteiger partial charge in [-0.25, -0.2) is 0 Å². The normalized spacial score (nSPS) is 6.27. The van der Waals surface area contributed by atoms with Gasteiger partial charge in [0.1, 0.15) is 0 Å². The van der Waals surface area contributed by atoms with E-state index in [1.54, 1.807) is 13.2 Å². The average Bonchev–Trinajstić information content (AvgIpc) is 1.90. The zero-order valence-corrected chi connectivity index (χ0v) is 10.1. The number of ether oxygens (including phenoxy) is 1. The monoisotopic (exact) mass is 246 g/mol. The second kappa shape index (κ2) is 10.6. The zero-order chi connectivity index (χ0) is 5.82. The summed E-state index contributed by atoms with van der Waals surface area (Å²) >= 11 is 0. The van der Waals surface area contributed by atoms with Crippen molar-refractivity contribution in [1.82, 2.24) is 0 Å². The van der Waals surface area contributed by atoms with E-state index in [1.807, 2.05) is 18.2 Å². The van der Waals surface area contributed by atoms with E-state index in [4.69, 9.17) is 4.74 Å². The van der Waals surface area contributed by atoms with Crippen LogP contribution in [0.3, 0.4) is 0 Å². The van der Waals surface area contributed by atoms with Crippen molar-refractivity contribution in [3.63, 3.8) is 0 Å². The van der Waals surface area contributed by atoms with Gasteiger partial charge in [-0.2, -0.15) is 18.2 Å². The first-order valence-electron chi connectivity index (χ1n) is 2.43. The van der Waals surface area contributed by atoms with Crippen molar-refractivity contribution in [2.24, 2.45) is 0 Å². The zero-order valence-electron chi connectivity index (χ0n) is 6.21. The number of rotatable bonds is 1. The first-order chi connectivity index (χ1) is 3.93. The summed E-state index contributed by atoms with van der Waals surface area (Å²) in [5.41, 5.74) is 0. The molecule has 0 saturated heterocycles. The number of hydrogen-bond acceptors (Lipinski definition) is 1. The van der Waals surface area contributed by atoms with Crippen LogP contribution in [0.5, 0.6) is 5.75 Å². The van der Waals surface area contributed by atoms with Crippen LogP contribution < -0.4 is 17.1 Å². The topological polar surface area (TPSA) is 9.23 Å². The molecular formula is C7H8BrClMgO. The van der Waals surface area contributed by atoms with Crippen LogP contribution in [0.1, 0.15) is 0 Å². The number of benzene rings is 1. The summed E-state index contributed by atoms with van der Waals surface area (Å²) in [5.74, 6) is 0.854. The van der Waals surface area contributed by atoms with Crippen LogP contribution in [-0.4, -0.2) is 30.2 Å².